The van der Waals surface area contributed by atoms with E-state index in [-0.39, 0.29) is 5.56 Å². The standard InChI is InChI=1S/C10H6FNO4/c11-8-2-5(4-13)1-6(7(8)3-12)9(14)10(15)16/h1-2,4,9,14H,(H,15,16). The highest BCUT2D eigenvalue weighted by atomic mass is 19.1. The Hall–Kier alpha value is -2.26. The number of carboxylic acid groups (broad SMARTS) is 1. The number of nitrogens with zero attached hydrogens (tertiary/aromatic N) is 1. The number of hydrogen-bond acceptors (Lipinski definition) is 4. The summed E-state index contributed by atoms with van der Waals surface area (Å²) in [7, 11) is 0. The Morgan fingerprint density at radius 3 is 2.62 bits per heavy atom. The molecule has 1 unspecified atom stereocenters. The van der Waals surface area contributed by atoms with Crippen molar-refractivity contribution in [2.75, 3.05) is 0 Å². The van der Waals surface area contributed by atoms with E-state index in [0.717, 1.165) is 12.1 Å². The zero-order valence-corrected chi connectivity index (χ0v) is 7.85. The first kappa shape index (κ1) is 11.8. The van der Waals surface area contributed by atoms with Crippen molar-refractivity contribution in [3.63, 3.8) is 0 Å². The molecular formula is C10H6FNO4. The normalized spacial score (nSPS) is 11.6. The predicted molar refractivity (Wildman–Crippen MR) is 49.1 cm³/mol. The maximum Gasteiger partial charge on any atom is 0.337 e. The van der Waals surface area contributed by atoms with Gasteiger partial charge in [-0.3, -0.25) is 4.79 Å². The topological polar surface area (TPSA) is 98.4 Å². The number of hydrogen-bond donors (Lipinski definition) is 2. The van der Waals surface area contributed by atoms with Crippen LogP contribution in [0.4, 0.5) is 4.39 Å². The van der Waals surface area contributed by atoms with Gasteiger partial charge in [0.1, 0.15) is 18.2 Å². The lowest BCUT2D eigenvalue weighted by atomic mass is 10.00. The molecular weight excluding hydrogens is 217 g/mol. The lowest BCUT2D eigenvalue weighted by Gasteiger charge is -2.09. The first-order valence-corrected chi connectivity index (χ1v) is 4.10. The van der Waals surface area contributed by atoms with Gasteiger partial charge in [0, 0.05) is 11.1 Å². The van der Waals surface area contributed by atoms with Gasteiger partial charge in [0.25, 0.3) is 0 Å². The Labute approximate surface area is 89.4 Å². The van der Waals surface area contributed by atoms with Crippen LogP contribution in [0.2, 0.25) is 0 Å². The Bertz CT molecular complexity index is 492. The van der Waals surface area contributed by atoms with E-state index in [2.05, 4.69) is 0 Å². The number of benzene rings is 1. The van der Waals surface area contributed by atoms with Crippen molar-refractivity contribution >= 4 is 12.3 Å². The number of nitriles is 1. The SMILES string of the molecule is N#Cc1c(F)cc(C=O)cc1C(O)C(=O)O. The number of aliphatic carboxylic acids is 1. The van der Waals surface area contributed by atoms with Gasteiger partial charge in [0.05, 0.1) is 5.56 Å². The number of halogens is 1. The van der Waals surface area contributed by atoms with Crippen LogP contribution in [0.1, 0.15) is 27.6 Å². The molecule has 0 amide bonds. The van der Waals surface area contributed by atoms with Crippen molar-refractivity contribution in [3.05, 3.63) is 34.6 Å². The fraction of sp³-hybridized carbons (Fsp3) is 0.100. The second-order valence-corrected chi connectivity index (χ2v) is 2.94. The monoisotopic (exact) mass is 223 g/mol. The molecule has 0 aliphatic heterocycles. The van der Waals surface area contributed by atoms with E-state index in [1.165, 1.54) is 6.07 Å². The van der Waals surface area contributed by atoms with Crippen molar-refractivity contribution in [2.45, 2.75) is 6.10 Å². The van der Waals surface area contributed by atoms with Crippen molar-refractivity contribution < 1.29 is 24.2 Å². The minimum atomic E-state index is -2.04. The molecule has 5 nitrogen and oxygen atoms in total. The molecule has 1 atom stereocenters. The lowest BCUT2D eigenvalue weighted by Crippen LogP contribution is -2.13. The Morgan fingerprint density at radius 1 is 1.56 bits per heavy atom. The average molecular weight is 223 g/mol. The summed E-state index contributed by atoms with van der Waals surface area (Å²) in [5.74, 6) is -2.67. The second-order valence-electron chi connectivity index (χ2n) is 2.94. The van der Waals surface area contributed by atoms with E-state index in [1.807, 2.05) is 0 Å². The third-order valence-corrected chi connectivity index (χ3v) is 1.92. The Kier molecular flexibility index (Phi) is 3.33. The highest BCUT2D eigenvalue weighted by Gasteiger charge is 2.22. The highest BCUT2D eigenvalue weighted by Crippen LogP contribution is 2.22. The van der Waals surface area contributed by atoms with Gasteiger partial charge in [-0.15, -0.1) is 0 Å². The average Bonchev–Trinajstić information content (AvgIpc) is 2.26. The molecule has 82 valence electrons. The van der Waals surface area contributed by atoms with Crippen LogP contribution in [0.25, 0.3) is 0 Å². The number of aliphatic hydroxyl groups excluding tert-OH is 1. The number of aldehydes is 1. The van der Waals surface area contributed by atoms with E-state index >= 15 is 0 Å². The van der Waals surface area contributed by atoms with Crippen LogP contribution in [0, 0.1) is 17.1 Å². The van der Waals surface area contributed by atoms with Crippen LogP contribution in [-0.4, -0.2) is 22.5 Å². The van der Waals surface area contributed by atoms with Gasteiger partial charge < -0.3 is 10.2 Å². The summed E-state index contributed by atoms with van der Waals surface area (Å²) in [4.78, 5) is 20.9. The second kappa shape index (κ2) is 4.51. The number of aliphatic hydroxyl groups is 1. The van der Waals surface area contributed by atoms with E-state index < -0.39 is 29.0 Å². The third kappa shape index (κ3) is 2.04. The van der Waals surface area contributed by atoms with E-state index in [0.29, 0.717) is 6.29 Å². The van der Waals surface area contributed by atoms with Gasteiger partial charge in [-0.1, -0.05) is 0 Å². The zero-order valence-electron chi connectivity index (χ0n) is 7.85. The van der Waals surface area contributed by atoms with Crippen LogP contribution in [0.15, 0.2) is 12.1 Å². The van der Waals surface area contributed by atoms with Crippen LogP contribution in [-0.2, 0) is 4.79 Å². The molecule has 16 heavy (non-hydrogen) atoms. The number of carbonyl (C=O) groups is 2. The van der Waals surface area contributed by atoms with Crippen LogP contribution in [0.3, 0.4) is 0 Å². The quantitative estimate of drug-likeness (QED) is 0.732. The minimum absolute atomic E-state index is 0.146. The van der Waals surface area contributed by atoms with Gasteiger partial charge in [0.2, 0.25) is 0 Å². The van der Waals surface area contributed by atoms with Gasteiger partial charge in [-0.25, -0.2) is 9.18 Å². The van der Waals surface area contributed by atoms with Crippen LogP contribution >= 0.6 is 0 Å². The number of carbonyl (C=O) groups excluding carboxylic acids is 1. The predicted octanol–water partition coefficient (Wildman–Crippen LogP) is 0.628. The molecule has 0 bridgehead atoms. The number of rotatable bonds is 3. The highest BCUT2D eigenvalue weighted by molar-refractivity contribution is 5.79. The third-order valence-electron chi connectivity index (χ3n) is 1.92. The maximum absolute atomic E-state index is 13.2. The molecule has 1 aromatic carbocycles. The van der Waals surface area contributed by atoms with E-state index in [4.69, 9.17) is 10.4 Å². The largest absolute Gasteiger partial charge is 0.479 e. The van der Waals surface area contributed by atoms with Crippen molar-refractivity contribution in [2.24, 2.45) is 0 Å². The fourth-order valence-electron chi connectivity index (χ4n) is 1.18. The summed E-state index contributed by atoms with van der Waals surface area (Å²) in [6.45, 7) is 0. The molecule has 0 aromatic heterocycles. The zero-order chi connectivity index (χ0) is 12.3. The van der Waals surface area contributed by atoms with Crippen molar-refractivity contribution in [1.29, 1.82) is 5.26 Å². The van der Waals surface area contributed by atoms with Gasteiger partial charge >= 0.3 is 5.97 Å². The lowest BCUT2D eigenvalue weighted by molar-refractivity contribution is -0.147. The molecule has 0 spiro atoms. The summed E-state index contributed by atoms with van der Waals surface area (Å²) in [6.07, 6.45) is -1.74. The van der Waals surface area contributed by atoms with Crippen molar-refractivity contribution in [3.8, 4) is 6.07 Å². The number of carboxylic acids is 1. The Morgan fingerprint density at radius 2 is 2.19 bits per heavy atom. The summed E-state index contributed by atoms with van der Waals surface area (Å²) in [5.41, 5.74) is -1.16. The molecule has 1 rings (SSSR count). The summed E-state index contributed by atoms with van der Waals surface area (Å²) in [6, 6.07) is 3.20. The summed E-state index contributed by atoms with van der Waals surface area (Å²) in [5, 5.41) is 26.4. The molecule has 0 heterocycles. The fourth-order valence-corrected chi connectivity index (χ4v) is 1.18. The first-order valence-electron chi connectivity index (χ1n) is 4.10. The molecule has 1 aromatic rings. The minimum Gasteiger partial charge on any atom is -0.479 e. The molecule has 0 aliphatic carbocycles. The molecule has 0 radical (unpaired) electrons. The molecule has 0 saturated carbocycles. The van der Waals surface area contributed by atoms with Crippen molar-refractivity contribution in [1.82, 2.24) is 0 Å². The van der Waals surface area contributed by atoms with E-state index in [9.17, 15) is 19.1 Å². The molecule has 0 aliphatic rings. The summed E-state index contributed by atoms with van der Waals surface area (Å²) >= 11 is 0. The Balaban J connectivity index is 3.46. The smallest absolute Gasteiger partial charge is 0.337 e. The molecule has 2 N–H and O–H groups in total. The molecule has 6 heteroatoms. The van der Waals surface area contributed by atoms with Gasteiger partial charge in [-0.2, -0.15) is 5.26 Å². The van der Waals surface area contributed by atoms with E-state index in [1.54, 1.807) is 0 Å². The maximum atomic E-state index is 13.2. The van der Waals surface area contributed by atoms with Crippen LogP contribution in [0.5, 0.6) is 0 Å². The van der Waals surface area contributed by atoms with Crippen LogP contribution < -0.4 is 0 Å². The van der Waals surface area contributed by atoms with Gasteiger partial charge in [-0.05, 0) is 12.1 Å². The summed E-state index contributed by atoms with van der Waals surface area (Å²) < 4.78 is 13.2. The van der Waals surface area contributed by atoms with Gasteiger partial charge in [0.15, 0.2) is 6.10 Å². The molecule has 0 saturated heterocycles. The molecule has 0 fully saturated rings. The first-order chi connectivity index (χ1) is 7.51.